The Morgan fingerprint density at radius 1 is 1.25 bits per heavy atom. The summed E-state index contributed by atoms with van der Waals surface area (Å²) in [4.78, 5) is 10.9. The van der Waals surface area contributed by atoms with Gasteiger partial charge in [0.2, 0.25) is 5.95 Å². The zero-order valence-electron chi connectivity index (χ0n) is 15.8. The molecule has 2 N–H and O–H groups in total. The number of hydrogen-bond acceptors (Lipinski definition) is 4. The van der Waals surface area contributed by atoms with Crippen LogP contribution in [0.1, 0.15) is 43.9 Å². The van der Waals surface area contributed by atoms with Crippen molar-refractivity contribution in [3.63, 3.8) is 0 Å². The highest BCUT2D eigenvalue weighted by Gasteiger charge is 2.22. The average Bonchev–Trinajstić information content (AvgIpc) is 2.59. The first-order chi connectivity index (χ1) is 12.0. The van der Waals surface area contributed by atoms with Crippen LogP contribution in [0.3, 0.4) is 0 Å². The normalized spacial score (nSPS) is 21.6. The van der Waals surface area contributed by atoms with Crippen LogP contribution in [-0.4, -0.2) is 23.1 Å². The number of nitrogens with zero attached hydrogens (tertiary/aromatic N) is 3. The summed E-state index contributed by atoms with van der Waals surface area (Å²) in [7, 11) is 0. The molecule has 1 unspecified atom stereocenters. The second kappa shape index (κ2) is 7.65. The number of anilines is 2. The lowest BCUT2D eigenvalue weighted by Crippen LogP contribution is -2.36. The number of hydrogen-bond donors (Lipinski definition) is 1. The third-order valence-electron chi connectivity index (χ3n) is 4.89. The van der Waals surface area contributed by atoms with E-state index in [2.05, 4.69) is 39.1 Å². The number of rotatable bonds is 5. The van der Waals surface area contributed by atoms with Gasteiger partial charge in [0.05, 0.1) is 0 Å². The van der Waals surface area contributed by atoms with Crippen molar-refractivity contribution >= 4 is 11.8 Å². The zero-order valence-corrected chi connectivity index (χ0v) is 14.8. The second-order valence-electron chi connectivity index (χ2n) is 6.73. The molecule has 1 aliphatic heterocycles. The SMILES string of the molecule is [2H]C1(CCCc2ccccc2)CCCN(c2nc(N)nc(C)c2C)C1. The van der Waals surface area contributed by atoms with E-state index in [9.17, 15) is 0 Å². The topological polar surface area (TPSA) is 55.0 Å². The molecule has 1 aromatic carbocycles. The molecule has 1 aliphatic rings. The van der Waals surface area contributed by atoms with Crippen LogP contribution in [0.25, 0.3) is 0 Å². The summed E-state index contributed by atoms with van der Waals surface area (Å²) >= 11 is 0. The molecule has 1 saturated heterocycles. The van der Waals surface area contributed by atoms with E-state index in [1.54, 1.807) is 0 Å². The fourth-order valence-electron chi connectivity index (χ4n) is 3.46. The van der Waals surface area contributed by atoms with Gasteiger partial charge in [0, 0.05) is 25.7 Å². The molecule has 3 rings (SSSR count). The molecule has 0 radical (unpaired) electrons. The van der Waals surface area contributed by atoms with Gasteiger partial charge in [-0.3, -0.25) is 0 Å². The first-order valence-corrected chi connectivity index (χ1v) is 8.86. The summed E-state index contributed by atoms with van der Waals surface area (Å²) in [5.74, 6) is 0.820. The number of aryl methyl sites for hydroxylation is 2. The summed E-state index contributed by atoms with van der Waals surface area (Å²) in [6.45, 7) is 5.67. The van der Waals surface area contributed by atoms with E-state index in [1.165, 1.54) is 5.56 Å². The highest BCUT2D eigenvalue weighted by atomic mass is 15.2. The lowest BCUT2D eigenvalue weighted by atomic mass is 9.91. The number of nitrogens with two attached hydrogens (primary N) is 1. The molecular weight excluding hydrogens is 296 g/mol. The Labute approximate surface area is 146 Å². The third kappa shape index (κ3) is 4.05. The Kier molecular flexibility index (Phi) is 4.92. The highest BCUT2D eigenvalue weighted by Crippen LogP contribution is 2.28. The Morgan fingerprint density at radius 3 is 2.83 bits per heavy atom. The molecule has 0 amide bonds. The van der Waals surface area contributed by atoms with Crippen molar-refractivity contribution in [1.82, 2.24) is 9.97 Å². The quantitative estimate of drug-likeness (QED) is 0.905. The minimum atomic E-state index is -0.410. The van der Waals surface area contributed by atoms with E-state index in [0.717, 1.165) is 62.3 Å². The van der Waals surface area contributed by atoms with E-state index in [-0.39, 0.29) is 0 Å². The van der Waals surface area contributed by atoms with Gasteiger partial charge in [0.1, 0.15) is 5.82 Å². The smallest absolute Gasteiger partial charge is 0.222 e. The average molecular weight is 325 g/mol. The number of aromatic nitrogens is 2. The molecule has 24 heavy (non-hydrogen) atoms. The maximum absolute atomic E-state index is 8.93. The second-order valence-corrected chi connectivity index (χ2v) is 6.73. The highest BCUT2D eigenvalue weighted by molar-refractivity contribution is 5.51. The van der Waals surface area contributed by atoms with Gasteiger partial charge in [-0.2, -0.15) is 4.98 Å². The number of piperidine rings is 1. The van der Waals surface area contributed by atoms with Crippen molar-refractivity contribution in [2.24, 2.45) is 5.89 Å². The molecule has 4 heteroatoms. The number of nitrogen functional groups attached to an aromatic ring is 1. The van der Waals surface area contributed by atoms with Crippen LogP contribution in [0.2, 0.25) is 0 Å². The van der Waals surface area contributed by atoms with Crippen molar-refractivity contribution in [2.45, 2.75) is 46.0 Å². The van der Waals surface area contributed by atoms with Gasteiger partial charge >= 0.3 is 0 Å². The van der Waals surface area contributed by atoms with E-state index >= 15 is 0 Å². The van der Waals surface area contributed by atoms with Crippen LogP contribution >= 0.6 is 0 Å². The van der Waals surface area contributed by atoms with Gasteiger partial charge in [-0.25, -0.2) is 4.98 Å². The summed E-state index contributed by atoms with van der Waals surface area (Å²) in [6, 6.07) is 10.5. The molecule has 2 heterocycles. The molecule has 1 fully saturated rings. The molecule has 128 valence electrons. The molecule has 1 aromatic heterocycles. The lowest BCUT2D eigenvalue weighted by molar-refractivity contribution is 0.381. The summed E-state index contributed by atoms with van der Waals surface area (Å²) in [5, 5.41) is 0. The minimum Gasteiger partial charge on any atom is -0.368 e. The molecular formula is C20H28N4. The van der Waals surface area contributed by atoms with Crippen molar-refractivity contribution in [3.8, 4) is 0 Å². The molecule has 4 nitrogen and oxygen atoms in total. The molecule has 2 aromatic rings. The predicted octanol–water partition coefficient (Wildman–Crippen LogP) is 3.91. The molecule has 0 aliphatic carbocycles. The Balaban J connectivity index is 1.66. The minimum absolute atomic E-state index is 0.323. The third-order valence-corrected chi connectivity index (χ3v) is 4.89. The van der Waals surface area contributed by atoms with Crippen LogP contribution in [0.15, 0.2) is 30.3 Å². The molecule has 0 saturated carbocycles. The maximum atomic E-state index is 8.93. The van der Waals surface area contributed by atoms with Gasteiger partial charge in [-0.15, -0.1) is 0 Å². The summed E-state index contributed by atoms with van der Waals surface area (Å²) < 4.78 is 8.93. The van der Waals surface area contributed by atoms with Crippen LogP contribution in [0, 0.1) is 19.7 Å². The molecule has 1 atom stereocenters. The largest absolute Gasteiger partial charge is 0.368 e. The Morgan fingerprint density at radius 2 is 2.04 bits per heavy atom. The van der Waals surface area contributed by atoms with Gasteiger partial charge < -0.3 is 10.6 Å². The van der Waals surface area contributed by atoms with Crippen molar-refractivity contribution in [3.05, 3.63) is 47.2 Å². The fraction of sp³-hybridized carbons (Fsp3) is 0.500. The summed E-state index contributed by atoms with van der Waals surface area (Å²) in [5.41, 5.74) is 9.20. The van der Waals surface area contributed by atoms with Crippen LogP contribution in [0.4, 0.5) is 11.8 Å². The van der Waals surface area contributed by atoms with Crippen LogP contribution < -0.4 is 10.6 Å². The van der Waals surface area contributed by atoms with Crippen LogP contribution in [-0.2, 0) is 6.42 Å². The summed E-state index contributed by atoms with van der Waals surface area (Å²) in [6.07, 6.45) is 4.98. The van der Waals surface area contributed by atoms with E-state index in [1.807, 2.05) is 19.9 Å². The first-order valence-electron chi connectivity index (χ1n) is 9.36. The van der Waals surface area contributed by atoms with Gasteiger partial charge in [-0.05, 0) is 57.4 Å². The van der Waals surface area contributed by atoms with Crippen molar-refractivity contribution in [1.29, 1.82) is 0 Å². The van der Waals surface area contributed by atoms with Gasteiger partial charge in [0.25, 0.3) is 0 Å². The molecule has 0 spiro atoms. The fourth-order valence-corrected chi connectivity index (χ4v) is 3.46. The van der Waals surface area contributed by atoms with E-state index < -0.39 is 5.89 Å². The van der Waals surface area contributed by atoms with Crippen molar-refractivity contribution in [2.75, 3.05) is 23.7 Å². The first kappa shape index (κ1) is 15.4. The standard InChI is InChI=1S/C20H28N4/c1-15-16(2)22-20(21)23-19(15)24-13-7-12-18(14-24)11-6-10-17-8-4-3-5-9-17/h3-5,8-9,18H,6-7,10-14H2,1-2H3,(H2,21,22,23)/i18D. The Hall–Kier alpha value is -2.10. The Bertz CT molecular complexity index is 719. The number of benzene rings is 1. The lowest BCUT2D eigenvalue weighted by Gasteiger charge is -2.34. The van der Waals surface area contributed by atoms with Crippen molar-refractivity contribution < 1.29 is 1.37 Å². The monoisotopic (exact) mass is 325 g/mol. The van der Waals surface area contributed by atoms with E-state index in [4.69, 9.17) is 7.10 Å². The van der Waals surface area contributed by atoms with Gasteiger partial charge in [-0.1, -0.05) is 30.3 Å². The van der Waals surface area contributed by atoms with E-state index in [0.29, 0.717) is 5.95 Å². The zero-order chi connectivity index (χ0) is 17.9. The molecule has 0 bridgehead atoms. The predicted molar refractivity (Wildman–Crippen MR) is 100 cm³/mol. The maximum Gasteiger partial charge on any atom is 0.222 e. The van der Waals surface area contributed by atoms with Crippen LogP contribution in [0.5, 0.6) is 0 Å². The van der Waals surface area contributed by atoms with Gasteiger partial charge in [0.15, 0.2) is 0 Å².